The first-order chi connectivity index (χ1) is 7.83. The van der Waals surface area contributed by atoms with E-state index < -0.39 is 0 Å². The van der Waals surface area contributed by atoms with Crippen LogP contribution in [0.5, 0.6) is 5.75 Å². The molecule has 1 nitrogen and oxygen atoms in total. The minimum atomic E-state index is 0.899. The summed E-state index contributed by atoms with van der Waals surface area (Å²) in [5.74, 6) is 0.899. The van der Waals surface area contributed by atoms with E-state index in [0.29, 0.717) is 0 Å². The minimum absolute atomic E-state index is 0.899. The molecular weight excluding hydrogens is 196 g/mol. The first-order valence-electron chi connectivity index (χ1n) is 5.57. The largest absolute Gasteiger partial charge is 0.497 e. The summed E-state index contributed by atoms with van der Waals surface area (Å²) >= 11 is 0. The maximum atomic E-state index is 5.15. The topological polar surface area (TPSA) is 9.23 Å². The first-order valence-corrected chi connectivity index (χ1v) is 5.57. The van der Waals surface area contributed by atoms with Crippen molar-refractivity contribution in [2.45, 2.75) is 13.3 Å². The van der Waals surface area contributed by atoms with Crippen LogP contribution in [-0.2, 0) is 6.42 Å². The lowest BCUT2D eigenvalue weighted by Crippen LogP contribution is -1.84. The number of hydrogen-bond donors (Lipinski definition) is 0. The molecule has 16 heavy (non-hydrogen) atoms. The average Bonchev–Trinajstić information content (AvgIpc) is 2.39. The van der Waals surface area contributed by atoms with Crippen LogP contribution in [0.4, 0.5) is 0 Å². The lowest BCUT2D eigenvalue weighted by molar-refractivity contribution is 0.415. The smallest absolute Gasteiger partial charge is 0.118 e. The van der Waals surface area contributed by atoms with Gasteiger partial charge in [-0.3, -0.25) is 0 Å². The van der Waals surface area contributed by atoms with Gasteiger partial charge in [-0.05, 0) is 35.2 Å². The van der Waals surface area contributed by atoms with Gasteiger partial charge in [-0.2, -0.15) is 0 Å². The van der Waals surface area contributed by atoms with Crippen LogP contribution in [0.2, 0.25) is 0 Å². The molecule has 82 valence electrons. The van der Waals surface area contributed by atoms with E-state index >= 15 is 0 Å². The molecule has 0 radical (unpaired) electrons. The van der Waals surface area contributed by atoms with Crippen LogP contribution in [-0.4, -0.2) is 7.11 Å². The Morgan fingerprint density at radius 3 is 2.31 bits per heavy atom. The van der Waals surface area contributed by atoms with Gasteiger partial charge in [-0.1, -0.05) is 43.3 Å². The number of aryl methyl sites for hydroxylation is 1. The summed E-state index contributed by atoms with van der Waals surface area (Å²) in [5.41, 5.74) is 3.87. The average molecular weight is 212 g/mol. The highest BCUT2D eigenvalue weighted by molar-refractivity contribution is 5.64. The molecule has 0 aromatic heterocycles. The van der Waals surface area contributed by atoms with E-state index in [9.17, 15) is 0 Å². The van der Waals surface area contributed by atoms with Crippen molar-refractivity contribution in [3.05, 3.63) is 54.1 Å². The highest BCUT2D eigenvalue weighted by atomic mass is 16.5. The predicted octanol–water partition coefficient (Wildman–Crippen LogP) is 3.92. The van der Waals surface area contributed by atoms with Crippen molar-refractivity contribution in [3.63, 3.8) is 0 Å². The standard InChI is InChI=1S/C15H16O/c1-3-12-5-4-6-14(11-12)13-7-9-15(16-2)10-8-13/h4-11H,3H2,1-2H3. The van der Waals surface area contributed by atoms with Crippen LogP contribution in [0.1, 0.15) is 12.5 Å². The van der Waals surface area contributed by atoms with Crippen LogP contribution in [0, 0.1) is 0 Å². The Morgan fingerprint density at radius 2 is 1.69 bits per heavy atom. The number of rotatable bonds is 3. The van der Waals surface area contributed by atoms with E-state index in [1.54, 1.807) is 7.11 Å². The zero-order valence-corrected chi connectivity index (χ0v) is 9.73. The fourth-order valence-electron chi connectivity index (χ4n) is 1.75. The van der Waals surface area contributed by atoms with E-state index in [4.69, 9.17) is 4.74 Å². The lowest BCUT2D eigenvalue weighted by Gasteiger charge is -2.05. The molecule has 0 aliphatic rings. The molecule has 0 bridgehead atoms. The second-order valence-corrected chi connectivity index (χ2v) is 3.78. The molecular formula is C15H16O. The van der Waals surface area contributed by atoms with Gasteiger partial charge in [0.15, 0.2) is 0 Å². The van der Waals surface area contributed by atoms with Gasteiger partial charge >= 0.3 is 0 Å². The number of ether oxygens (including phenoxy) is 1. The normalized spacial score (nSPS) is 10.1. The van der Waals surface area contributed by atoms with E-state index in [2.05, 4.69) is 43.3 Å². The third-order valence-corrected chi connectivity index (χ3v) is 2.76. The molecule has 0 amide bonds. The van der Waals surface area contributed by atoms with Gasteiger partial charge in [-0.15, -0.1) is 0 Å². The molecule has 0 atom stereocenters. The summed E-state index contributed by atoms with van der Waals surface area (Å²) in [6.07, 6.45) is 1.07. The van der Waals surface area contributed by atoms with Gasteiger partial charge in [0, 0.05) is 0 Å². The number of hydrogen-bond acceptors (Lipinski definition) is 1. The highest BCUT2D eigenvalue weighted by Crippen LogP contribution is 2.23. The van der Waals surface area contributed by atoms with Crippen molar-refractivity contribution in [3.8, 4) is 16.9 Å². The summed E-state index contributed by atoms with van der Waals surface area (Å²) in [7, 11) is 1.69. The maximum Gasteiger partial charge on any atom is 0.118 e. The Morgan fingerprint density at radius 1 is 0.938 bits per heavy atom. The monoisotopic (exact) mass is 212 g/mol. The molecule has 0 spiro atoms. The Labute approximate surface area is 96.7 Å². The summed E-state index contributed by atoms with van der Waals surface area (Å²) in [5, 5.41) is 0. The third kappa shape index (κ3) is 2.25. The summed E-state index contributed by atoms with van der Waals surface area (Å²) in [6.45, 7) is 2.17. The van der Waals surface area contributed by atoms with Crippen LogP contribution in [0.15, 0.2) is 48.5 Å². The van der Waals surface area contributed by atoms with Gasteiger partial charge < -0.3 is 4.74 Å². The number of benzene rings is 2. The van der Waals surface area contributed by atoms with Gasteiger partial charge in [0.2, 0.25) is 0 Å². The van der Waals surface area contributed by atoms with Crippen LogP contribution < -0.4 is 4.74 Å². The molecule has 0 N–H and O–H groups in total. The maximum absolute atomic E-state index is 5.15. The first kappa shape index (κ1) is 10.7. The summed E-state index contributed by atoms with van der Waals surface area (Å²) < 4.78 is 5.15. The van der Waals surface area contributed by atoms with Crippen molar-refractivity contribution < 1.29 is 4.74 Å². The fourth-order valence-corrected chi connectivity index (χ4v) is 1.75. The summed E-state index contributed by atoms with van der Waals surface area (Å²) in [4.78, 5) is 0. The quantitative estimate of drug-likeness (QED) is 0.749. The van der Waals surface area contributed by atoms with Gasteiger partial charge in [0.25, 0.3) is 0 Å². The Balaban J connectivity index is 2.34. The molecule has 0 saturated carbocycles. The van der Waals surface area contributed by atoms with E-state index in [1.807, 2.05) is 12.1 Å². The number of methoxy groups -OCH3 is 1. The Bertz CT molecular complexity index is 457. The molecule has 0 fully saturated rings. The lowest BCUT2D eigenvalue weighted by atomic mass is 10.0. The second-order valence-electron chi connectivity index (χ2n) is 3.78. The van der Waals surface area contributed by atoms with Crippen molar-refractivity contribution in [1.82, 2.24) is 0 Å². The SMILES string of the molecule is CCc1cccc(-c2ccc(OC)cc2)c1. The highest BCUT2D eigenvalue weighted by Gasteiger charge is 1.98. The Hall–Kier alpha value is -1.76. The molecule has 2 aromatic rings. The van der Waals surface area contributed by atoms with Gasteiger partial charge in [0.05, 0.1) is 7.11 Å². The van der Waals surface area contributed by atoms with Crippen LogP contribution >= 0.6 is 0 Å². The molecule has 0 heterocycles. The van der Waals surface area contributed by atoms with E-state index in [1.165, 1.54) is 16.7 Å². The van der Waals surface area contributed by atoms with Gasteiger partial charge in [-0.25, -0.2) is 0 Å². The molecule has 2 aromatic carbocycles. The van der Waals surface area contributed by atoms with Crippen molar-refractivity contribution >= 4 is 0 Å². The van der Waals surface area contributed by atoms with Crippen molar-refractivity contribution in [2.24, 2.45) is 0 Å². The minimum Gasteiger partial charge on any atom is -0.497 e. The predicted molar refractivity (Wildman–Crippen MR) is 67.8 cm³/mol. The Kier molecular flexibility index (Phi) is 3.25. The van der Waals surface area contributed by atoms with E-state index in [0.717, 1.165) is 12.2 Å². The third-order valence-electron chi connectivity index (χ3n) is 2.76. The van der Waals surface area contributed by atoms with Crippen LogP contribution in [0.3, 0.4) is 0 Å². The molecule has 0 aliphatic heterocycles. The second kappa shape index (κ2) is 4.84. The van der Waals surface area contributed by atoms with Crippen LogP contribution in [0.25, 0.3) is 11.1 Å². The molecule has 1 heteroatoms. The molecule has 0 saturated heterocycles. The molecule has 0 unspecified atom stereocenters. The zero-order valence-electron chi connectivity index (χ0n) is 9.73. The molecule has 2 rings (SSSR count). The summed E-state index contributed by atoms with van der Waals surface area (Å²) in [6, 6.07) is 16.8. The van der Waals surface area contributed by atoms with Crippen molar-refractivity contribution in [2.75, 3.05) is 7.11 Å². The van der Waals surface area contributed by atoms with Crippen molar-refractivity contribution in [1.29, 1.82) is 0 Å². The zero-order chi connectivity index (χ0) is 11.4. The van der Waals surface area contributed by atoms with Gasteiger partial charge in [0.1, 0.15) is 5.75 Å². The van der Waals surface area contributed by atoms with E-state index in [-0.39, 0.29) is 0 Å². The molecule has 0 aliphatic carbocycles. The fraction of sp³-hybridized carbons (Fsp3) is 0.200.